The molecule has 2 rings (SSSR count). The molecule has 1 amide bonds. The second kappa shape index (κ2) is 5.93. The van der Waals surface area contributed by atoms with E-state index >= 15 is 0 Å². The monoisotopic (exact) mass is 262 g/mol. The van der Waals surface area contributed by atoms with Crippen LogP contribution in [-0.4, -0.2) is 19.0 Å². The normalized spacial score (nSPS) is 18.6. The minimum atomic E-state index is -0.695. The summed E-state index contributed by atoms with van der Waals surface area (Å²) in [4.78, 5) is 11.6. The Morgan fingerprint density at radius 3 is 2.47 bits per heavy atom. The first-order valence-electron chi connectivity index (χ1n) is 5.13. The van der Waals surface area contributed by atoms with Gasteiger partial charge < -0.3 is 10.6 Å². The van der Waals surface area contributed by atoms with Crippen molar-refractivity contribution in [3.8, 4) is 0 Å². The third-order valence-corrected chi connectivity index (χ3v) is 2.56. The van der Waals surface area contributed by atoms with Crippen molar-refractivity contribution < 1.29 is 13.6 Å². The number of amides is 1. The van der Waals surface area contributed by atoms with Crippen LogP contribution in [0.25, 0.3) is 0 Å². The fourth-order valence-corrected chi connectivity index (χ4v) is 1.75. The third-order valence-electron chi connectivity index (χ3n) is 2.56. The van der Waals surface area contributed by atoms with Crippen molar-refractivity contribution in [3.63, 3.8) is 0 Å². The molecule has 0 radical (unpaired) electrons. The van der Waals surface area contributed by atoms with Crippen LogP contribution in [0.2, 0.25) is 0 Å². The number of hydrogen-bond acceptors (Lipinski definition) is 2. The van der Waals surface area contributed by atoms with Crippen LogP contribution in [0.4, 0.5) is 14.5 Å². The summed E-state index contributed by atoms with van der Waals surface area (Å²) >= 11 is 0. The van der Waals surface area contributed by atoms with Gasteiger partial charge >= 0.3 is 0 Å². The van der Waals surface area contributed by atoms with Gasteiger partial charge in [0.2, 0.25) is 5.91 Å². The molecule has 2 N–H and O–H groups in total. The Hall–Kier alpha value is -1.20. The smallest absolute Gasteiger partial charge is 0.228 e. The highest BCUT2D eigenvalue weighted by atomic mass is 35.5. The van der Waals surface area contributed by atoms with Crippen molar-refractivity contribution in [2.24, 2.45) is 5.92 Å². The fourth-order valence-electron chi connectivity index (χ4n) is 1.75. The third kappa shape index (κ3) is 3.64. The van der Waals surface area contributed by atoms with Crippen molar-refractivity contribution in [1.29, 1.82) is 0 Å². The number of benzene rings is 1. The summed E-state index contributed by atoms with van der Waals surface area (Å²) in [6, 6.07) is 2.97. The average Bonchev–Trinajstić information content (AvgIpc) is 2.68. The molecule has 3 nitrogen and oxygen atoms in total. The topological polar surface area (TPSA) is 41.1 Å². The Morgan fingerprint density at radius 1 is 1.29 bits per heavy atom. The van der Waals surface area contributed by atoms with E-state index in [4.69, 9.17) is 0 Å². The largest absolute Gasteiger partial charge is 0.326 e. The van der Waals surface area contributed by atoms with Gasteiger partial charge in [-0.3, -0.25) is 4.79 Å². The molecule has 1 aliphatic heterocycles. The second-order valence-electron chi connectivity index (χ2n) is 3.84. The molecule has 17 heavy (non-hydrogen) atoms. The lowest BCUT2D eigenvalue weighted by Gasteiger charge is -2.09. The van der Waals surface area contributed by atoms with Crippen molar-refractivity contribution >= 4 is 24.0 Å². The first kappa shape index (κ1) is 13.9. The van der Waals surface area contributed by atoms with Crippen LogP contribution in [0, 0.1) is 17.6 Å². The van der Waals surface area contributed by atoms with Gasteiger partial charge in [-0.1, -0.05) is 0 Å². The lowest BCUT2D eigenvalue weighted by Crippen LogP contribution is -2.24. The highest BCUT2D eigenvalue weighted by Gasteiger charge is 2.22. The van der Waals surface area contributed by atoms with Crippen molar-refractivity contribution in [2.75, 3.05) is 18.4 Å². The van der Waals surface area contributed by atoms with E-state index in [0.29, 0.717) is 6.54 Å². The van der Waals surface area contributed by atoms with Crippen LogP contribution in [-0.2, 0) is 4.79 Å². The van der Waals surface area contributed by atoms with Crippen LogP contribution in [0.1, 0.15) is 6.42 Å². The first-order valence-corrected chi connectivity index (χ1v) is 5.13. The molecule has 0 saturated carbocycles. The van der Waals surface area contributed by atoms with E-state index in [1.54, 1.807) is 0 Å². The first-order chi connectivity index (χ1) is 7.65. The highest BCUT2D eigenvalue weighted by molar-refractivity contribution is 5.92. The zero-order valence-corrected chi connectivity index (χ0v) is 9.82. The Kier molecular flexibility index (Phi) is 4.84. The van der Waals surface area contributed by atoms with E-state index < -0.39 is 11.6 Å². The number of halogens is 3. The van der Waals surface area contributed by atoms with E-state index in [-0.39, 0.29) is 29.9 Å². The van der Waals surface area contributed by atoms with Crippen molar-refractivity contribution in [2.45, 2.75) is 6.42 Å². The molecule has 6 heteroatoms. The molecule has 0 bridgehead atoms. The molecule has 1 aromatic carbocycles. The maximum atomic E-state index is 12.9. The van der Waals surface area contributed by atoms with E-state index in [0.717, 1.165) is 31.2 Å². The molecule has 1 atom stereocenters. The minimum absolute atomic E-state index is 0. The van der Waals surface area contributed by atoms with Crippen LogP contribution in [0.3, 0.4) is 0 Å². The minimum Gasteiger partial charge on any atom is -0.326 e. The van der Waals surface area contributed by atoms with Gasteiger partial charge in [0.15, 0.2) is 0 Å². The molecule has 1 unspecified atom stereocenters. The summed E-state index contributed by atoms with van der Waals surface area (Å²) < 4.78 is 25.7. The molecular weight excluding hydrogens is 250 g/mol. The molecule has 1 fully saturated rings. The number of carbonyl (C=O) groups is 1. The predicted molar refractivity (Wildman–Crippen MR) is 63.2 cm³/mol. The van der Waals surface area contributed by atoms with Gasteiger partial charge in [-0.15, -0.1) is 12.4 Å². The van der Waals surface area contributed by atoms with Gasteiger partial charge in [-0.25, -0.2) is 8.78 Å². The van der Waals surface area contributed by atoms with Crippen LogP contribution in [0.15, 0.2) is 18.2 Å². The number of nitrogens with one attached hydrogen (secondary N) is 2. The predicted octanol–water partition coefficient (Wildman–Crippen LogP) is 1.93. The fraction of sp³-hybridized carbons (Fsp3) is 0.364. The summed E-state index contributed by atoms with van der Waals surface area (Å²) in [5, 5.41) is 5.56. The molecule has 94 valence electrons. The van der Waals surface area contributed by atoms with Crippen molar-refractivity contribution in [3.05, 3.63) is 29.8 Å². The molecular formula is C11H13ClF2N2O. The van der Waals surface area contributed by atoms with Gasteiger partial charge in [0.05, 0.1) is 5.92 Å². The summed E-state index contributed by atoms with van der Waals surface area (Å²) in [5.41, 5.74) is 0.161. The lowest BCUT2D eigenvalue weighted by molar-refractivity contribution is -0.119. The number of carbonyl (C=O) groups excluding carboxylic acids is 1. The summed E-state index contributed by atoms with van der Waals surface area (Å²) in [6.07, 6.45) is 0.754. The number of rotatable bonds is 2. The zero-order chi connectivity index (χ0) is 11.5. The Morgan fingerprint density at radius 2 is 1.94 bits per heavy atom. The van der Waals surface area contributed by atoms with E-state index in [1.807, 2.05) is 0 Å². The number of anilines is 1. The Balaban J connectivity index is 0.00000144. The molecule has 0 aliphatic carbocycles. The maximum Gasteiger partial charge on any atom is 0.228 e. The van der Waals surface area contributed by atoms with Crippen LogP contribution < -0.4 is 10.6 Å². The summed E-state index contributed by atoms with van der Waals surface area (Å²) in [5.74, 6) is -1.71. The van der Waals surface area contributed by atoms with Gasteiger partial charge in [0, 0.05) is 18.3 Å². The SMILES string of the molecule is Cl.O=C(Nc1cc(F)cc(F)c1)C1CCNC1. The van der Waals surface area contributed by atoms with Crippen LogP contribution >= 0.6 is 12.4 Å². The van der Waals surface area contributed by atoms with Crippen LogP contribution in [0.5, 0.6) is 0 Å². The molecule has 1 aromatic rings. The Bertz CT molecular complexity index is 388. The number of hydrogen-bond donors (Lipinski definition) is 2. The Labute approximate surface area is 104 Å². The van der Waals surface area contributed by atoms with E-state index in [9.17, 15) is 13.6 Å². The van der Waals surface area contributed by atoms with Gasteiger partial charge in [-0.2, -0.15) is 0 Å². The quantitative estimate of drug-likeness (QED) is 0.855. The lowest BCUT2D eigenvalue weighted by atomic mass is 10.1. The van der Waals surface area contributed by atoms with Gasteiger partial charge in [0.1, 0.15) is 11.6 Å². The molecule has 1 heterocycles. The zero-order valence-electron chi connectivity index (χ0n) is 9.00. The summed E-state index contributed by atoms with van der Waals surface area (Å²) in [6.45, 7) is 1.42. The van der Waals surface area contributed by atoms with Gasteiger partial charge in [0.25, 0.3) is 0 Å². The van der Waals surface area contributed by atoms with Crippen molar-refractivity contribution in [1.82, 2.24) is 5.32 Å². The molecule has 1 aliphatic rings. The second-order valence-corrected chi connectivity index (χ2v) is 3.84. The average molecular weight is 263 g/mol. The molecule has 1 saturated heterocycles. The molecule has 0 aromatic heterocycles. The highest BCUT2D eigenvalue weighted by Crippen LogP contribution is 2.15. The molecule has 0 spiro atoms. The van der Waals surface area contributed by atoms with E-state index in [1.165, 1.54) is 0 Å². The summed E-state index contributed by atoms with van der Waals surface area (Å²) in [7, 11) is 0. The maximum absolute atomic E-state index is 12.9. The van der Waals surface area contributed by atoms with E-state index in [2.05, 4.69) is 10.6 Å². The van der Waals surface area contributed by atoms with Gasteiger partial charge in [-0.05, 0) is 25.1 Å². The standard InChI is InChI=1S/C11H12F2N2O.ClH/c12-8-3-9(13)5-10(4-8)15-11(16)7-1-2-14-6-7;/h3-5,7,14H,1-2,6H2,(H,15,16);1H.